The minimum Gasteiger partial charge on any atom is -0.334 e. The zero-order valence-corrected chi connectivity index (χ0v) is 17.0. The van der Waals surface area contributed by atoms with Crippen LogP contribution in [-0.4, -0.2) is 27.8 Å². The Balaban J connectivity index is 1.42. The van der Waals surface area contributed by atoms with E-state index in [1.54, 1.807) is 22.9 Å². The summed E-state index contributed by atoms with van der Waals surface area (Å²) in [4.78, 5) is 24.9. The molecule has 4 rings (SSSR count). The molecule has 0 radical (unpaired) electrons. The number of rotatable bonds is 4. The van der Waals surface area contributed by atoms with E-state index in [0.717, 1.165) is 36.9 Å². The van der Waals surface area contributed by atoms with Crippen molar-refractivity contribution in [1.29, 1.82) is 0 Å². The largest absolute Gasteiger partial charge is 0.334 e. The van der Waals surface area contributed by atoms with Gasteiger partial charge in [0.2, 0.25) is 5.91 Å². The van der Waals surface area contributed by atoms with E-state index in [1.807, 2.05) is 19.1 Å². The van der Waals surface area contributed by atoms with Gasteiger partial charge in [-0.15, -0.1) is 0 Å². The van der Waals surface area contributed by atoms with E-state index in [-0.39, 0.29) is 23.9 Å². The fourth-order valence-corrected chi connectivity index (χ4v) is 4.14. The lowest BCUT2D eigenvalue weighted by Crippen LogP contribution is -2.59. The lowest BCUT2D eigenvalue weighted by molar-refractivity contribution is -0.132. The first-order valence-corrected chi connectivity index (χ1v) is 10.3. The zero-order valence-electron chi connectivity index (χ0n) is 16.2. The van der Waals surface area contributed by atoms with Gasteiger partial charge in [-0.25, -0.2) is 9.48 Å². The molecule has 1 saturated heterocycles. The molecule has 154 valence electrons. The van der Waals surface area contributed by atoms with E-state index in [2.05, 4.69) is 26.4 Å². The van der Waals surface area contributed by atoms with Crippen molar-refractivity contribution in [3.05, 3.63) is 46.6 Å². The lowest BCUT2D eigenvalue weighted by Gasteiger charge is -2.40. The zero-order chi connectivity index (χ0) is 20.4. The Hall–Kier alpha value is -2.58. The van der Waals surface area contributed by atoms with Crippen LogP contribution in [0.3, 0.4) is 0 Å². The van der Waals surface area contributed by atoms with E-state index in [1.165, 1.54) is 0 Å². The van der Waals surface area contributed by atoms with Gasteiger partial charge in [0.15, 0.2) is 6.29 Å². The Bertz CT molecular complexity index is 897. The molecule has 1 saturated carbocycles. The molecule has 2 fully saturated rings. The molecule has 2 aliphatic rings. The Labute approximate surface area is 174 Å². The summed E-state index contributed by atoms with van der Waals surface area (Å²) in [5.41, 5.74) is 1.69. The second-order valence-corrected chi connectivity index (χ2v) is 8.06. The van der Waals surface area contributed by atoms with Gasteiger partial charge in [-0.2, -0.15) is 5.10 Å². The van der Waals surface area contributed by atoms with Crippen molar-refractivity contribution in [2.75, 3.05) is 5.32 Å². The summed E-state index contributed by atoms with van der Waals surface area (Å²) in [6.45, 7) is 2.22. The molecular weight excluding hydrogens is 392 g/mol. The number of fused-ring (bicyclic) bond motifs is 1. The summed E-state index contributed by atoms with van der Waals surface area (Å²) in [7, 11) is 0. The third kappa shape index (κ3) is 4.54. The van der Waals surface area contributed by atoms with Crippen LogP contribution < -0.4 is 21.3 Å². The molecule has 3 atom stereocenters. The summed E-state index contributed by atoms with van der Waals surface area (Å²) >= 11 is 5.88. The Morgan fingerprint density at radius 1 is 1.28 bits per heavy atom. The van der Waals surface area contributed by atoms with Gasteiger partial charge in [-0.3, -0.25) is 15.4 Å². The van der Waals surface area contributed by atoms with E-state index in [4.69, 9.17) is 11.6 Å². The molecular formula is C20H25ClN6O2. The van der Waals surface area contributed by atoms with Gasteiger partial charge in [0.1, 0.15) is 5.82 Å². The standard InChI is InChI=1S/C20H25ClN6O2/c1-12-10-17(24-20(29)22-11-13-6-8-14(21)9-7-13)27(26-12)19-23-16-5-3-2-4-15(16)18(28)25-19/h6-10,15-16,19,23H,2-5,11H2,1H3,(H,25,28)(H2,22,24,29). The maximum atomic E-state index is 12.5. The normalized spacial score (nSPS) is 23.8. The molecule has 1 aromatic heterocycles. The third-order valence-corrected chi connectivity index (χ3v) is 5.72. The topological polar surface area (TPSA) is 100 Å². The number of nitrogens with zero attached hydrogens (tertiary/aromatic N) is 2. The van der Waals surface area contributed by atoms with Gasteiger partial charge in [-0.05, 0) is 37.5 Å². The number of benzene rings is 1. The molecule has 0 spiro atoms. The van der Waals surface area contributed by atoms with Crippen LogP contribution in [0.1, 0.15) is 43.2 Å². The van der Waals surface area contributed by atoms with Crippen molar-refractivity contribution in [3.8, 4) is 0 Å². The van der Waals surface area contributed by atoms with Crippen LogP contribution in [0, 0.1) is 12.8 Å². The SMILES string of the molecule is Cc1cc(NC(=O)NCc2ccc(Cl)cc2)n(C2NC(=O)C3CCCCC3N2)n1. The van der Waals surface area contributed by atoms with Crippen molar-refractivity contribution in [3.63, 3.8) is 0 Å². The molecule has 2 aromatic rings. The second kappa shape index (κ2) is 8.42. The number of hydrogen-bond acceptors (Lipinski definition) is 4. The van der Waals surface area contributed by atoms with Crippen molar-refractivity contribution in [2.45, 2.75) is 51.5 Å². The Morgan fingerprint density at radius 3 is 2.83 bits per heavy atom. The fourth-order valence-electron chi connectivity index (χ4n) is 4.01. The van der Waals surface area contributed by atoms with E-state index in [9.17, 15) is 9.59 Å². The van der Waals surface area contributed by atoms with E-state index >= 15 is 0 Å². The van der Waals surface area contributed by atoms with Crippen molar-refractivity contribution < 1.29 is 9.59 Å². The first kappa shape index (κ1) is 19.7. The molecule has 4 N–H and O–H groups in total. The average Bonchev–Trinajstić information content (AvgIpc) is 3.07. The summed E-state index contributed by atoms with van der Waals surface area (Å²) < 4.78 is 1.62. The third-order valence-electron chi connectivity index (χ3n) is 5.46. The highest BCUT2D eigenvalue weighted by Gasteiger charge is 2.38. The quantitative estimate of drug-likeness (QED) is 0.615. The van der Waals surface area contributed by atoms with Crippen molar-refractivity contribution >= 4 is 29.4 Å². The van der Waals surface area contributed by atoms with Crippen LogP contribution in [-0.2, 0) is 11.3 Å². The molecule has 0 bridgehead atoms. The number of carbonyl (C=O) groups excluding carboxylic acids is 2. The summed E-state index contributed by atoms with van der Waals surface area (Å²) in [5.74, 6) is 0.573. The molecule has 9 heteroatoms. The second-order valence-electron chi connectivity index (χ2n) is 7.62. The van der Waals surface area contributed by atoms with Crippen LogP contribution in [0.4, 0.5) is 10.6 Å². The van der Waals surface area contributed by atoms with Gasteiger partial charge < -0.3 is 10.6 Å². The van der Waals surface area contributed by atoms with Gasteiger partial charge in [-0.1, -0.05) is 36.6 Å². The number of hydrogen-bond donors (Lipinski definition) is 4. The van der Waals surface area contributed by atoms with Crippen LogP contribution in [0.2, 0.25) is 5.02 Å². The first-order valence-electron chi connectivity index (χ1n) is 9.91. The molecule has 2 heterocycles. The molecule has 1 aromatic carbocycles. The van der Waals surface area contributed by atoms with Crippen LogP contribution in [0.25, 0.3) is 0 Å². The molecule has 3 amide bonds. The molecule has 3 unspecified atom stereocenters. The van der Waals surface area contributed by atoms with Crippen LogP contribution in [0.5, 0.6) is 0 Å². The minimum absolute atomic E-state index is 0.00995. The van der Waals surface area contributed by atoms with Gasteiger partial charge >= 0.3 is 6.03 Å². The van der Waals surface area contributed by atoms with Crippen molar-refractivity contribution in [1.82, 2.24) is 25.7 Å². The van der Waals surface area contributed by atoms with Gasteiger partial charge in [0.05, 0.1) is 11.6 Å². The fraction of sp³-hybridized carbons (Fsp3) is 0.450. The van der Waals surface area contributed by atoms with Crippen LogP contribution in [0.15, 0.2) is 30.3 Å². The number of nitrogens with one attached hydrogen (secondary N) is 4. The van der Waals surface area contributed by atoms with Gasteiger partial charge in [0, 0.05) is 23.7 Å². The molecule has 8 nitrogen and oxygen atoms in total. The molecule has 1 aliphatic heterocycles. The predicted octanol–water partition coefficient (Wildman–Crippen LogP) is 2.90. The summed E-state index contributed by atoms with van der Waals surface area (Å²) in [6, 6.07) is 8.86. The molecule has 1 aliphatic carbocycles. The Morgan fingerprint density at radius 2 is 2.03 bits per heavy atom. The summed E-state index contributed by atoms with van der Waals surface area (Å²) in [6.07, 6.45) is 3.60. The van der Waals surface area contributed by atoms with Crippen LogP contribution >= 0.6 is 11.6 Å². The maximum absolute atomic E-state index is 12.5. The highest BCUT2D eigenvalue weighted by atomic mass is 35.5. The minimum atomic E-state index is -0.484. The van der Waals surface area contributed by atoms with E-state index < -0.39 is 6.29 Å². The number of aryl methyl sites for hydroxylation is 1. The number of halogens is 1. The number of amides is 3. The lowest BCUT2D eigenvalue weighted by atomic mass is 9.83. The average molecular weight is 417 g/mol. The monoisotopic (exact) mass is 416 g/mol. The molecule has 29 heavy (non-hydrogen) atoms. The number of carbonyl (C=O) groups is 2. The smallest absolute Gasteiger partial charge is 0.320 e. The maximum Gasteiger partial charge on any atom is 0.320 e. The highest BCUT2D eigenvalue weighted by molar-refractivity contribution is 6.30. The van der Waals surface area contributed by atoms with Crippen molar-refractivity contribution in [2.24, 2.45) is 5.92 Å². The van der Waals surface area contributed by atoms with Gasteiger partial charge in [0.25, 0.3) is 0 Å². The first-order chi connectivity index (χ1) is 14.0. The highest BCUT2D eigenvalue weighted by Crippen LogP contribution is 2.29. The number of aromatic nitrogens is 2. The summed E-state index contributed by atoms with van der Waals surface area (Å²) in [5, 5.41) is 17.2. The van der Waals surface area contributed by atoms with E-state index in [0.29, 0.717) is 17.4 Å². The predicted molar refractivity (Wildman–Crippen MR) is 110 cm³/mol. The number of urea groups is 1. The number of anilines is 1. The Kier molecular flexibility index (Phi) is 5.73.